The summed E-state index contributed by atoms with van der Waals surface area (Å²) >= 11 is 0. The van der Waals surface area contributed by atoms with E-state index in [1.165, 1.54) is 0 Å². The highest BCUT2D eigenvalue weighted by Crippen LogP contribution is 2.18. The van der Waals surface area contributed by atoms with Gasteiger partial charge in [-0.2, -0.15) is 0 Å². The molecule has 0 aromatic carbocycles. The molecule has 1 aliphatic rings. The molecule has 0 aliphatic carbocycles. The fraction of sp³-hybridized carbons (Fsp3) is 0.500. The zero-order chi connectivity index (χ0) is 17.5. The second-order valence-electron chi connectivity index (χ2n) is 5.96. The number of aromatic nitrogens is 1. The molecule has 24 heavy (non-hydrogen) atoms. The van der Waals surface area contributed by atoms with Gasteiger partial charge in [0, 0.05) is 25.2 Å². The average Bonchev–Trinajstić information content (AvgIpc) is 2.52. The number of amides is 4. The Hall–Kier alpha value is -2.48. The zero-order valence-electron chi connectivity index (χ0n) is 13.7. The highest BCUT2D eigenvalue weighted by atomic mass is 16.2. The predicted octanol–water partition coefficient (Wildman–Crippen LogP) is 0.626. The Morgan fingerprint density at radius 1 is 1.38 bits per heavy atom. The SMILES string of the molecule is Cc1cccc(NC(=O)C2CCCN(CCC(=O)NC(N)=O)C2)n1. The number of urea groups is 1. The lowest BCUT2D eigenvalue weighted by atomic mass is 9.97. The lowest BCUT2D eigenvalue weighted by Crippen LogP contribution is -2.43. The third kappa shape index (κ3) is 5.62. The number of imide groups is 1. The number of pyridine rings is 1. The molecule has 1 aliphatic heterocycles. The Morgan fingerprint density at radius 3 is 2.88 bits per heavy atom. The number of hydrogen-bond acceptors (Lipinski definition) is 5. The van der Waals surface area contributed by atoms with Crippen molar-refractivity contribution in [3.05, 3.63) is 23.9 Å². The Bertz CT molecular complexity index is 619. The molecule has 8 heteroatoms. The lowest BCUT2D eigenvalue weighted by molar-refractivity contribution is -0.121. The van der Waals surface area contributed by atoms with Gasteiger partial charge in [-0.15, -0.1) is 0 Å². The van der Waals surface area contributed by atoms with Crippen molar-refractivity contribution in [1.82, 2.24) is 15.2 Å². The van der Waals surface area contributed by atoms with Crippen molar-refractivity contribution in [3.8, 4) is 0 Å². The molecule has 130 valence electrons. The molecule has 1 aromatic heterocycles. The fourth-order valence-corrected chi connectivity index (χ4v) is 2.77. The number of rotatable bonds is 5. The van der Waals surface area contributed by atoms with Crippen LogP contribution in [0.1, 0.15) is 25.0 Å². The van der Waals surface area contributed by atoms with Gasteiger partial charge in [0.2, 0.25) is 11.8 Å². The fourth-order valence-electron chi connectivity index (χ4n) is 2.77. The summed E-state index contributed by atoms with van der Waals surface area (Å²) in [7, 11) is 0. The molecule has 1 saturated heterocycles. The van der Waals surface area contributed by atoms with Gasteiger partial charge in [0.15, 0.2) is 0 Å². The molecule has 8 nitrogen and oxygen atoms in total. The van der Waals surface area contributed by atoms with Gasteiger partial charge < -0.3 is 16.0 Å². The van der Waals surface area contributed by atoms with Gasteiger partial charge in [0.05, 0.1) is 5.92 Å². The molecule has 4 amide bonds. The van der Waals surface area contributed by atoms with Gasteiger partial charge >= 0.3 is 6.03 Å². The van der Waals surface area contributed by atoms with Crippen LogP contribution >= 0.6 is 0 Å². The first kappa shape index (κ1) is 17.9. The number of primary amides is 1. The molecule has 1 unspecified atom stereocenters. The van der Waals surface area contributed by atoms with Gasteiger partial charge in [-0.05, 0) is 38.4 Å². The standard InChI is InChI=1S/C16H23N5O3/c1-11-4-2-6-13(18-11)19-15(23)12-5-3-8-21(10-12)9-7-14(22)20-16(17)24/h2,4,6,12H,3,5,7-10H2,1H3,(H,18,19,23)(H3,17,20,22,24). The number of piperidine rings is 1. The average molecular weight is 333 g/mol. The first-order valence-electron chi connectivity index (χ1n) is 8.00. The summed E-state index contributed by atoms with van der Waals surface area (Å²) in [5, 5.41) is 4.89. The molecular formula is C16H23N5O3. The van der Waals surface area contributed by atoms with Crippen molar-refractivity contribution < 1.29 is 14.4 Å². The summed E-state index contributed by atoms with van der Waals surface area (Å²) in [6.07, 6.45) is 1.87. The molecule has 0 spiro atoms. The van der Waals surface area contributed by atoms with Crippen LogP contribution in [-0.4, -0.2) is 47.4 Å². The monoisotopic (exact) mass is 333 g/mol. The van der Waals surface area contributed by atoms with Crippen LogP contribution in [0.4, 0.5) is 10.6 Å². The lowest BCUT2D eigenvalue weighted by Gasteiger charge is -2.31. The van der Waals surface area contributed by atoms with Crippen molar-refractivity contribution in [1.29, 1.82) is 0 Å². The van der Waals surface area contributed by atoms with Gasteiger partial charge in [-0.3, -0.25) is 14.9 Å². The van der Waals surface area contributed by atoms with Crippen LogP contribution < -0.4 is 16.4 Å². The van der Waals surface area contributed by atoms with E-state index in [2.05, 4.69) is 15.2 Å². The number of nitrogens with zero attached hydrogens (tertiary/aromatic N) is 2. The second-order valence-corrected chi connectivity index (χ2v) is 5.96. The van der Waals surface area contributed by atoms with Crippen LogP contribution in [0.3, 0.4) is 0 Å². The minimum absolute atomic E-state index is 0.0561. The molecule has 2 heterocycles. The van der Waals surface area contributed by atoms with E-state index in [0.29, 0.717) is 18.9 Å². The summed E-state index contributed by atoms with van der Waals surface area (Å²) in [6.45, 7) is 3.78. The topological polar surface area (TPSA) is 117 Å². The Labute approximate surface area is 140 Å². The van der Waals surface area contributed by atoms with E-state index >= 15 is 0 Å². The number of anilines is 1. The third-order valence-electron chi connectivity index (χ3n) is 3.93. The van der Waals surface area contributed by atoms with Crippen LogP contribution in [-0.2, 0) is 9.59 Å². The van der Waals surface area contributed by atoms with Gasteiger partial charge in [0.25, 0.3) is 0 Å². The number of carbonyl (C=O) groups is 3. The summed E-state index contributed by atoms with van der Waals surface area (Å²) in [5.41, 5.74) is 5.75. The van der Waals surface area contributed by atoms with Crippen LogP contribution in [0.15, 0.2) is 18.2 Å². The normalized spacial score (nSPS) is 18.0. The molecule has 0 saturated carbocycles. The third-order valence-corrected chi connectivity index (χ3v) is 3.93. The van der Waals surface area contributed by atoms with Crippen molar-refractivity contribution >= 4 is 23.7 Å². The Balaban J connectivity index is 1.82. The maximum atomic E-state index is 12.4. The predicted molar refractivity (Wildman–Crippen MR) is 89.1 cm³/mol. The van der Waals surface area contributed by atoms with Crippen molar-refractivity contribution in [2.75, 3.05) is 25.0 Å². The minimum atomic E-state index is -0.846. The van der Waals surface area contributed by atoms with E-state index in [1.54, 1.807) is 6.07 Å². The number of hydrogen-bond donors (Lipinski definition) is 3. The Morgan fingerprint density at radius 2 is 2.17 bits per heavy atom. The second kappa shape index (κ2) is 8.39. The van der Waals surface area contributed by atoms with E-state index in [4.69, 9.17) is 5.73 Å². The zero-order valence-corrected chi connectivity index (χ0v) is 13.7. The molecular weight excluding hydrogens is 310 g/mol. The number of aryl methyl sites for hydroxylation is 1. The largest absolute Gasteiger partial charge is 0.351 e. The number of carbonyl (C=O) groups excluding carboxylic acids is 3. The van der Waals surface area contributed by atoms with Crippen molar-refractivity contribution in [2.24, 2.45) is 11.7 Å². The van der Waals surface area contributed by atoms with Crippen molar-refractivity contribution in [3.63, 3.8) is 0 Å². The summed E-state index contributed by atoms with van der Waals surface area (Å²) < 4.78 is 0. The van der Waals surface area contributed by atoms with E-state index < -0.39 is 11.9 Å². The summed E-state index contributed by atoms with van der Waals surface area (Å²) in [5.74, 6) is -0.0457. The van der Waals surface area contributed by atoms with Gasteiger partial charge in [-0.25, -0.2) is 9.78 Å². The first-order chi connectivity index (χ1) is 11.4. The van der Waals surface area contributed by atoms with E-state index in [1.807, 2.05) is 24.4 Å². The molecule has 4 N–H and O–H groups in total. The van der Waals surface area contributed by atoms with Crippen LogP contribution in [0.5, 0.6) is 0 Å². The minimum Gasteiger partial charge on any atom is -0.351 e. The van der Waals surface area contributed by atoms with Gasteiger partial charge in [-0.1, -0.05) is 6.07 Å². The maximum absolute atomic E-state index is 12.4. The molecule has 0 radical (unpaired) electrons. The number of nitrogens with two attached hydrogens (primary N) is 1. The molecule has 1 atom stereocenters. The van der Waals surface area contributed by atoms with Crippen LogP contribution in [0, 0.1) is 12.8 Å². The first-order valence-corrected chi connectivity index (χ1v) is 8.00. The van der Waals surface area contributed by atoms with E-state index in [9.17, 15) is 14.4 Å². The quantitative estimate of drug-likeness (QED) is 0.730. The molecule has 0 bridgehead atoms. The Kier molecular flexibility index (Phi) is 6.25. The van der Waals surface area contributed by atoms with Crippen LogP contribution in [0.25, 0.3) is 0 Å². The van der Waals surface area contributed by atoms with E-state index in [0.717, 1.165) is 25.1 Å². The summed E-state index contributed by atoms with van der Waals surface area (Å²) in [4.78, 5) is 40.8. The number of likely N-dealkylation sites (tertiary alicyclic amines) is 1. The molecule has 1 fully saturated rings. The number of nitrogens with one attached hydrogen (secondary N) is 2. The highest BCUT2D eigenvalue weighted by molar-refractivity contribution is 5.93. The smallest absolute Gasteiger partial charge is 0.318 e. The molecule has 1 aromatic rings. The summed E-state index contributed by atoms with van der Waals surface area (Å²) in [6, 6.07) is 4.64. The van der Waals surface area contributed by atoms with Crippen molar-refractivity contribution in [2.45, 2.75) is 26.2 Å². The van der Waals surface area contributed by atoms with E-state index in [-0.39, 0.29) is 18.2 Å². The van der Waals surface area contributed by atoms with Gasteiger partial charge in [0.1, 0.15) is 5.82 Å². The maximum Gasteiger partial charge on any atom is 0.318 e. The molecule has 2 rings (SSSR count). The van der Waals surface area contributed by atoms with Crippen LogP contribution in [0.2, 0.25) is 0 Å². The highest BCUT2D eigenvalue weighted by Gasteiger charge is 2.26.